The maximum absolute atomic E-state index is 12.0. The average molecular weight is 267 g/mol. The van der Waals surface area contributed by atoms with Crippen LogP contribution in [0, 0.1) is 0 Å². The van der Waals surface area contributed by atoms with Gasteiger partial charge in [-0.05, 0) is 19.4 Å². The van der Waals surface area contributed by atoms with Crippen LogP contribution in [0.5, 0.6) is 0 Å². The first-order valence-corrected chi connectivity index (χ1v) is 6.12. The molecule has 0 saturated carbocycles. The molecule has 0 radical (unpaired) electrons. The highest BCUT2D eigenvalue weighted by Crippen LogP contribution is 2.02. The zero-order valence-electron chi connectivity index (χ0n) is 10.8. The number of carbonyl (C=O) groups excluding carboxylic acids is 1. The number of carbonyl (C=O) groups is 1. The third kappa shape index (κ3) is 5.06. The lowest BCUT2D eigenvalue weighted by atomic mass is 10.1. The normalized spacial score (nSPS) is 12.1. The van der Waals surface area contributed by atoms with Crippen molar-refractivity contribution >= 4 is 11.9 Å². The van der Waals surface area contributed by atoms with Crippen molar-refractivity contribution in [3.05, 3.63) is 18.2 Å². The van der Waals surface area contributed by atoms with Crippen molar-refractivity contribution < 1.29 is 4.79 Å². The molecule has 1 heterocycles. The Hall–Kier alpha value is -1.93. The molecule has 0 saturated heterocycles. The Morgan fingerprint density at radius 1 is 1.47 bits per heavy atom. The lowest BCUT2D eigenvalue weighted by Gasteiger charge is -2.09. The fourth-order valence-electron chi connectivity index (χ4n) is 1.60. The van der Waals surface area contributed by atoms with E-state index >= 15 is 0 Å². The summed E-state index contributed by atoms with van der Waals surface area (Å²) in [4.78, 5) is 19.9. The van der Waals surface area contributed by atoms with Crippen molar-refractivity contribution in [3.63, 3.8) is 0 Å². The largest absolute Gasteiger partial charge is 0.370 e. The second kappa shape index (κ2) is 7.49. The van der Waals surface area contributed by atoms with Crippen LogP contribution in [0.3, 0.4) is 0 Å². The van der Waals surface area contributed by atoms with E-state index in [9.17, 15) is 4.79 Å². The average Bonchev–Trinajstić information content (AvgIpc) is 2.82. The number of nitrogens with two attached hydrogens (primary N) is 4. The number of hydrogen-bond donors (Lipinski definition) is 4. The van der Waals surface area contributed by atoms with Crippen LogP contribution in [-0.2, 0) is 6.42 Å². The van der Waals surface area contributed by atoms with E-state index in [0.29, 0.717) is 32.4 Å². The molecular formula is C11H21N7O. The molecule has 8 nitrogen and oxygen atoms in total. The Labute approximate surface area is 111 Å². The van der Waals surface area contributed by atoms with Gasteiger partial charge in [0.15, 0.2) is 5.96 Å². The molecule has 0 spiro atoms. The Morgan fingerprint density at radius 3 is 2.84 bits per heavy atom. The summed E-state index contributed by atoms with van der Waals surface area (Å²) in [5.74, 6) is -0.151. The molecule has 1 aromatic rings. The van der Waals surface area contributed by atoms with Gasteiger partial charge in [0, 0.05) is 19.2 Å². The van der Waals surface area contributed by atoms with Crippen LogP contribution in [0.25, 0.3) is 0 Å². The molecule has 1 rings (SSSR count). The predicted molar refractivity (Wildman–Crippen MR) is 73.5 cm³/mol. The highest BCUT2D eigenvalue weighted by molar-refractivity contribution is 5.83. The third-order valence-electron chi connectivity index (χ3n) is 2.58. The molecule has 8 N–H and O–H groups in total. The summed E-state index contributed by atoms with van der Waals surface area (Å²) in [5, 5.41) is 0. The molecule has 1 atom stereocenters. The van der Waals surface area contributed by atoms with E-state index in [1.807, 2.05) is 0 Å². The SMILES string of the molecule is NCCc1cn(C(=O)[C@@H](N)CCCN=C(N)N)cn1. The zero-order valence-corrected chi connectivity index (χ0v) is 10.8. The quantitative estimate of drug-likeness (QED) is 0.265. The minimum absolute atomic E-state index is 0.0425. The molecule has 0 amide bonds. The van der Waals surface area contributed by atoms with Crippen molar-refractivity contribution in [1.29, 1.82) is 0 Å². The summed E-state index contributed by atoms with van der Waals surface area (Å²) >= 11 is 0. The van der Waals surface area contributed by atoms with Gasteiger partial charge < -0.3 is 22.9 Å². The van der Waals surface area contributed by atoms with E-state index in [2.05, 4.69) is 9.98 Å². The minimum Gasteiger partial charge on any atom is -0.370 e. The molecule has 19 heavy (non-hydrogen) atoms. The first-order valence-electron chi connectivity index (χ1n) is 6.12. The lowest BCUT2D eigenvalue weighted by Crippen LogP contribution is -2.34. The molecule has 0 aliphatic carbocycles. The summed E-state index contributed by atoms with van der Waals surface area (Å²) in [6, 6.07) is -0.589. The molecule has 1 aromatic heterocycles. The van der Waals surface area contributed by atoms with Gasteiger partial charge in [0.05, 0.1) is 11.7 Å². The molecule has 0 unspecified atom stereocenters. The third-order valence-corrected chi connectivity index (χ3v) is 2.58. The van der Waals surface area contributed by atoms with Crippen molar-refractivity contribution in [2.75, 3.05) is 13.1 Å². The van der Waals surface area contributed by atoms with Gasteiger partial charge in [-0.15, -0.1) is 0 Å². The molecule has 8 heteroatoms. The Bertz CT molecular complexity index is 436. The second-order valence-corrected chi connectivity index (χ2v) is 4.20. The fourth-order valence-corrected chi connectivity index (χ4v) is 1.60. The molecule has 0 bridgehead atoms. The fraction of sp³-hybridized carbons (Fsp3) is 0.545. The Balaban J connectivity index is 2.44. The monoisotopic (exact) mass is 267 g/mol. The van der Waals surface area contributed by atoms with Gasteiger partial charge in [0.2, 0.25) is 5.91 Å². The van der Waals surface area contributed by atoms with Gasteiger partial charge in [0.1, 0.15) is 6.33 Å². The second-order valence-electron chi connectivity index (χ2n) is 4.20. The van der Waals surface area contributed by atoms with E-state index in [1.165, 1.54) is 10.9 Å². The van der Waals surface area contributed by atoms with E-state index in [-0.39, 0.29) is 11.9 Å². The lowest BCUT2D eigenvalue weighted by molar-refractivity contribution is 0.0874. The Kier molecular flexibility index (Phi) is 5.97. The summed E-state index contributed by atoms with van der Waals surface area (Å²) in [5.41, 5.74) is 22.4. The van der Waals surface area contributed by atoms with Gasteiger partial charge in [-0.25, -0.2) is 4.98 Å². The van der Waals surface area contributed by atoms with E-state index in [4.69, 9.17) is 22.9 Å². The molecule has 0 aliphatic rings. The zero-order chi connectivity index (χ0) is 14.3. The summed E-state index contributed by atoms with van der Waals surface area (Å²) in [6.07, 6.45) is 4.92. The number of nitrogens with zero attached hydrogens (tertiary/aromatic N) is 3. The van der Waals surface area contributed by atoms with Crippen LogP contribution in [-0.4, -0.2) is 40.5 Å². The van der Waals surface area contributed by atoms with Crippen LogP contribution in [0.15, 0.2) is 17.5 Å². The highest BCUT2D eigenvalue weighted by Gasteiger charge is 2.15. The molecular weight excluding hydrogens is 246 g/mol. The minimum atomic E-state index is -0.589. The smallest absolute Gasteiger partial charge is 0.248 e. The first-order chi connectivity index (χ1) is 9.04. The summed E-state index contributed by atoms with van der Waals surface area (Å²) in [6.45, 7) is 0.960. The van der Waals surface area contributed by atoms with Gasteiger partial charge >= 0.3 is 0 Å². The van der Waals surface area contributed by atoms with Crippen molar-refractivity contribution in [2.45, 2.75) is 25.3 Å². The summed E-state index contributed by atoms with van der Waals surface area (Å²) in [7, 11) is 0. The van der Waals surface area contributed by atoms with E-state index in [1.54, 1.807) is 6.20 Å². The van der Waals surface area contributed by atoms with Gasteiger partial charge in [0.25, 0.3) is 0 Å². The van der Waals surface area contributed by atoms with Gasteiger partial charge in [-0.1, -0.05) is 0 Å². The Morgan fingerprint density at radius 2 is 2.21 bits per heavy atom. The maximum atomic E-state index is 12.0. The van der Waals surface area contributed by atoms with Crippen LogP contribution >= 0.6 is 0 Å². The number of aliphatic imine (C=N–C) groups is 1. The van der Waals surface area contributed by atoms with Crippen molar-refractivity contribution in [2.24, 2.45) is 27.9 Å². The van der Waals surface area contributed by atoms with Crippen LogP contribution in [0.1, 0.15) is 23.3 Å². The van der Waals surface area contributed by atoms with E-state index < -0.39 is 6.04 Å². The number of guanidine groups is 1. The molecule has 0 fully saturated rings. The number of aromatic nitrogens is 2. The standard InChI is InChI=1S/C11H21N7O/c12-4-3-8-6-18(7-17-8)10(19)9(13)2-1-5-16-11(14)15/h6-7,9H,1-5,12-13H2,(H4,14,15,16)/t9-/m0/s1. The molecule has 0 aliphatic heterocycles. The van der Waals surface area contributed by atoms with E-state index in [0.717, 1.165) is 5.69 Å². The molecule has 0 aromatic carbocycles. The topological polar surface area (TPSA) is 151 Å². The number of rotatable bonds is 7. The van der Waals surface area contributed by atoms with Crippen LogP contribution in [0.2, 0.25) is 0 Å². The van der Waals surface area contributed by atoms with Crippen molar-refractivity contribution in [3.8, 4) is 0 Å². The molecule has 106 valence electrons. The predicted octanol–water partition coefficient (Wildman–Crippen LogP) is -1.59. The van der Waals surface area contributed by atoms with Crippen LogP contribution < -0.4 is 22.9 Å². The van der Waals surface area contributed by atoms with Crippen molar-refractivity contribution in [1.82, 2.24) is 9.55 Å². The van der Waals surface area contributed by atoms with Crippen LogP contribution in [0.4, 0.5) is 0 Å². The highest BCUT2D eigenvalue weighted by atomic mass is 16.2. The first kappa shape index (κ1) is 15.1. The van der Waals surface area contributed by atoms with Gasteiger partial charge in [-0.3, -0.25) is 14.4 Å². The number of hydrogen-bond acceptors (Lipinski definition) is 5. The summed E-state index contributed by atoms with van der Waals surface area (Å²) < 4.78 is 1.40. The number of imidazole rings is 1. The maximum Gasteiger partial charge on any atom is 0.248 e. The van der Waals surface area contributed by atoms with Gasteiger partial charge in [-0.2, -0.15) is 0 Å².